The van der Waals surface area contributed by atoms with Crippen molar-refractivity contribution in [3.8, 4) is 0 Å². The molecule has 1 aromatic rings. The zero-order valence-corrected chi connectivity index (χ0v) is 6.37. The number of rotatable bonds is 3. The third-order valence-corrected chi connectivity index (χ3v) is 1.52. The molecule has 0 radical (unpaired) electrons. The van der Waals surface area contributed by atoms with Crippen LogP contribution in [0.25, 0.3) is 0 Å². The number of carbonyl (C=O) groups is 1. The van der Waals surface area contributed by atoms with Crippen molar-refractivity contribution in [1.82, 2.24) is 10.2 Å². The van der Waals surface area contributed by atoms with Crippen LogP contribution in [-0.4, -0.2) is 22.0 Å². The number of hydrogen-bond donors (Lipinski definition) is 2. The summed E-state index contributed by atoms with van der Waals surface area (Å²) in [6, 6.07) is 1.40. The molecule has 1 unspecified atom stereocenters. The van der Waals surface area contributed by atoms with E-state index in [1.165, 1.54) is 6.92 Å². The van der Waals surface area contributed by atoms with Crippen LogP contribution in [0.2, 0.25) is 0 Å². The van der Waals surface area contributed by atoms with Gasteiger partial charge in [0.05, 0.1) is 6.04 Å². The molecule has 0 saturated carbocycles. The van der Waals surface area contributed by atoms with Crippen molar-refractivity contribution in [3.63, 3.8) is 0 Å². The van der Waals surface area contributed by atoms with Gasteiger partial charge in [0.15, 0.2) is 0 Å². The molecule has 1 rings (SSSR count). The van der Waals surface area contributed by atoms with E-state index in [1.54, 1.807) is 6.20 Å². The zero-order chi connectivity index (χ0) is 8.27. The largest absolute Gasteiger partial charge is 0.321 e. The maximum atomic E-state index is 10.7. The lowest BCUT2D eigenvalue weighted by atomic mass is 10.1. The standard InChI is InChI=1S/C7H11N3O/c1-5(11)7(8)4-6-2-3-9-10-6/h2-3,7H,4,8H2,1H3,(H,9,10). The Kier molecular flexibility index (Phi) is 2.38. The number of H-pyrrole nitrogens is 1. The Hall–Kier alpha value is -1.16. The van der Waals surface area contributed by atoms with Crippen molar-refractivity contribution in [3.05, 3.63) is 18.0 Å². The van der Waals surface area contributed by atoms with Crippen molar-refractivity contribution >= 4 is 5.78 Å². The fourth-order valence-corrected chi connectivity index (χ4v) is 0.779. The van der Waals surface area contributed by atoms with Crippen LogP contribution in [0, 0.1) is 0 Å². The van der Waals surface area contributed by atoms with Gasteiger partial charge < -0.3 is 5.73 Å². The Morgan fingerprint density at radius 1 is 1.91 bits per heavy atom. The summed E-state index contributed by atoms with van der Waals surface area (Å²) < 4.78 is 0. The van der Waals surface area contributed by atoms with Crippen molar-refractivity contribution in [2.24, 2.45) is 5.73 Å². The first-order valence-corrected chi connectivity index (χ1v) is 3.44. The van der Waals surface area contributed by atoms with E-state index >= 15 is 0 Å². The molecule has 0 spiro atoms. The van der Waals surface area contributed by atoms with Gasteiger partial charge in [-0.1, -0.05) is 0 Å². The summed E-state index contributed by atoms with van der Waals surface area (Å²) >= 11 is 0. The van der Waals surface area contributed by atoms with E-state index in [0.29, 0.717) is 6.42 Å². The molecule has 0 amide bonds. The molecule has 0 aromatic carbocycles. The molecule has 0 saturated heterocycles. The van der Waals surface area contributed by atoms with E-state index in [0.717, 1.165) is 5.69 Å². The molecular formula is C7H11N3O. The summed E-state index contributed by atoms with van der Waals surface area (Å²) in [5.74, 6) is -0.000370. The van der Waals surface area contributed by atoms with Gasteiger partial charge in [0.25, 0.3) is 0 Å². The van der Waals surface area contributed by atoms with Crippen LogP contribution in [0.3, 0.4) is 0 Å². The lowest BCUT2D eigenvalue weighted by Crippen LogP contribution is -2.30. The number of nitrogens with two attached hydrogens (primary N) is 1. The highest BCUT2D eigenvalue weighted by molar-refractivity contribution is 5.81. The summed E-state index contributed by atoms with van der Waals surface area (Å²) in [6.45, 7) is 1.49. The Labute approximate surface area is 64.8 Å². The van der Waals surface area contributed by atoms with Crippen LogP contribution < -0.4 is 5.73 Å². The number of nitrogens with one attached hydrogen (secondary N) is 1. The molecular weight excluding hydrogens is 142 g/mol. The average molecular weight is 153 g/mol. The number of aromatic nitrogens is 2. The van der Waals surface area contributed by atoms with Gasteiger partial charge in [0.2, 0.25) is 0 Å². The van der Waals surface area contributed by atoms with E-state index in [-0.39, 0.29) is 5.78 Å². The Balaban J connectivity index is 2.50. The second-order valence-electron chi connectivity index (χ2n) is 2.50. The highest BCUT2D eigenvalue weighted by Crippen LogP contribution is 1.96. The Morgan fingerprint density at radius 2 is 2.64 bits per heavy atom. The van der Waals surface area contributed by atoms with Crippen LogP contribution in [0.4, 0.5) is 0 Å². The first-order valence-electron chi connectivity index (χ1n) is 3.44. The third kappa shape index (κ3) is 2.16. The lowest BCUT2D eigenvalue weighted by Gasteiger charge is -2.03. The Bertz CT molecular complexity index is 230. The number of aromatic amines is 1. The van der Waals surface area contributed by atoms with Crippen LogP contribution in [0.1, 0.15) is 12.6 Å². The topological polar surface area (TPSA) is 71.8 Å². The summed E-state index contributed by atoms with van der Waals surface area (Å²) in [4.78, 5) is 10.7. The summed E-state index contributed by atoms with van der Waals surface area (Å²) in [6.07, 6.45) is 2.18. The van der Waals surface area contributed by atoms with Crippen LogP contribution >= 0.6 is 0 Å². The molecule has 1 atom stereocenters. The maximum absolute atomic E-state index is 10.7. The zero-order valence-electron chi connectivity index (χ0n) is 6.37. The highest BCUT2D eigenvalue weighted by atomic mass is 16.1. The van der Waals surface area contributed by atoms with Crippen LogP contribution in [0.5, 0.6) is 0 Å². The van der Waals surface area contributed by atoms with Gasteiger partial charge in [-0.25, -0.2) is 0 Å². The highest BCUT2D eigenvalue weighted by Gasteiger charge is 2.08. The average Bonchev–Trinajstić information content (AvgIpc) is 2.39. The first-order chi connectivity index (χ1) is 5.20. The monoisotopic (exact) mass is 153 g/mol. The number of ketones is 1. The summed E-state index contributed by atoms with van der Waals surface area (Å²) in [5, 5.41) is 6.48. The van der Waals surface area contributed by atoms with Gasteiger partial charge in [-0.05, 0) is 13.0 Å². The Morgan fingerprint density at radius 3 is 3.09 bits per heavy atom. The lowest BCUT2D eigenvalue weighted by molar-refractivity contribution is -0.118. The molecule has 0 aliphatic carbocycles. The summed E-state index contributed by atoms with van der Waals surface area (Å²) in [5.41, 5.74) is 6.41. The fourth-order valence-electron chi connectivity index (χ4n) is 0.779. The van der Waals surface area contributed by atoms with Gasteiger partial charge >= 0.3 is 0 Å². The van der Waals surface area contributed by atoms with Gasteiger partial charge in [-0.3, -0.25) is 9.89 Å². The number of Topliss-reactive ketones (excluding diaryl/α,β-unsaturated/α-hetero) is 1. The second-order valence-corrected chi connectivity index (χ2v) is 2.50. The first kappa shape index (κ1) is 7.94. The van der Waals surface area contributed by atoms with Gasteiger partial charge in [-0.15, -0.1) is 0 Å². The molecule has 4 heteroatoms. The minimum atomic E-state index is -0.407. The van der Waals surface area contributed by atoms with Crippen molar-refractivity contribution in [2.45, 2.75) is 19.4 Å². The maximum Gasteiger partial charge on any atom is 0.146 e. The van der Waals surface area contributed by atoms with Crippen molar-refractivity contribution < 1.29 is 4.79 Å². The molecule has 0 aliphatic heterocycles. The molecule has 3 N–H and O–H groups in total. The smallest absolute Gasteiger partial charge is 0.146 e. The van der Waals surface area contributed by atoms with Gasteiger partial charge in [0.1, 0.15) is 5.78 Å². The minimum Gasteiger partial charge on any atom is -0.321 e. The van der Waals surface area contributed by atoms with Crippen LogP contribution in [-0.2, 0) is 11.2 Å². The SMILES string of the molecule is CC(=O)C(N)Cc1ccn[nH]1. The molecule has 0 aliphatic rings. The molecule has 1 aromatic heterocycles. The second kappa shape index (κ2) is 3.30. The van der Waals surface area contributed by atoms with E-state index in [9.17, 15) is 4.79 Å². The van der Waals surface area contributed by atoms with E-state index in [2.05, 4.69) is 10.2 Å². The molecule has 4 nitrogen and oxygen atoms in total. The predicted octanol–water partition coefficient (Wildman–Crippen LogP) is -0.132. The van der Waals surface area contributed by atoms with Crippen molar-refractivity contribution in [2.75, 3.05) is 0 Å². The van der Waals surface area contributed by atoms with Gasteiger partial charge in [0, 0.05) is 18.3 Å². The van der Waals surface area contributed by atoms with E-state index < -0.39 is 6.04 Å². The molecule has 60 valence electrons. The minimum absolute atomic E-state index is 0.000370. The van der Waals surface area contributed by atoms with Crippen LogP contribution in [0.15, 0.2) is 12.3 Å². The summed E-state index contributed by atoms with van der Waals surface area (Å²) in [7, 11) is 0. The molecule has 11 heavy (non-hydrogen) atoms. The predicted molar refractivity (Wildman–Crippen MR) is 40.9 cm³/mol. The molecule has 1 heterocycles. The third-order valence-electron chi connectivity index (χ3n) is 1.52. The van der Waals surface area contributed by atoms with Gasteiger partial charge in [-0.2, -0.15) is 5.10 Å². The van der Waals surface area contributed by atoms with Crippen molar-refractivity contribution in [1.29, 1.82) is 0 Å². The van der Waals surface area contributed by atoms with E-state index in [1.807, 2.05) is 6.07 Å². The molecule has 0 fully saturated rings. The fraction of sp³-hybridized carbons (Fsp3) is 0.429. The number of carbonyl (C=O) groups excluding carboxylic acids is 1. The quantitative estimate of drug-likeness (QED) is 0.635. The number of nitrogens with zero attached hydrogens (tertiary/aromatic N) is 1. The van der Waals surface area contributed by atoms with E-state index in [4.69, 9.17) is 5.73 Å². The molecule has 0 bridgehead atoms. The normalized spacial score (nSPS) is 12.9. The number of hydrogen-bond acceptors (Lipinski definition) is 3.